The second-order valence-electron chi connectivity index (χ2n) is 3.27. The number of nitrogens with two attached hydrogens (primary N) is 1. The number of thiocarbonyl (C=S) groups is 1. The van der Waals surface area contributed by atoms with Crippen LogP contribution in [0.2, 0.25) is 0 Å². The van der Waals surface area contributed by atoms with Gasteiger partial charge in [0.2, 0.25) is 0 Å². The van der Waals surface area contributed by atoms with Gasteiger partial charge in [-0.2, -0.15) is 0 Å². The zero-order valence-electron chi connectivity index (χ0n) is 8.40. The standard InChI is InChI=1S/C11H14N2S/c1-13(2)8-7-11(14)9-3-5-10(12)6-4-9/h3-8H,12H2,1-2H3/b8-7+. The molecule has 0 amide bonds. The van der Waals surface area contributed by atoms with Crippen molar-refractivity contribution < 1.29 is 0 Å². The lowest BCUT2D eigenvalue weighted by molar-refractivity contribution is 0.564. The minimum absolute atomic E-state index is 0.758. The monoisotopic (exact) mass is 206 g/mol. The Bertz CT molecular complexity index is 339. The Morgan fingerprint density at radius 3 is 2.36 bits per heavy atom. The fourth-order valence-corrected chi connectivity index (χ4v) is 1.16. The van der Waals surface area contributed by atoms with Crippen molar-refractivity contribution in [2.24, 2.45) is 0 Å². The summed E-state index contributed by atoms with van der Waals surface area (Å²) < 4.78 is 0. The molecular formula is C11H14N2S. The molecule has 0 heterocycles. The largest absolute Gasteiger partial charge is 0.399 e. The Hall–Kier alpha value is -1.35. The molecular weight excluding hydrogens is 192 g/mol. The molecule has 1 aromatic rings. The predicted octanol–water partition coefficient (Wildman–Crippen LogP) is 2.06. The summed E-state index contributed by atoms with van der Waals surface area (Å²) in [5.74, 6) is 0. The first-order chi connectivity index (χ1) is 6.59. The van der Waals surface area contributed by atoms with Crippen LogP contribution in [0.5, 0.6) is 0 Å². The van der Waals surface area contributed by atoms with Crippen LogP contribution >= 0.6 is 12.2 Å². The number of nitrogens with zero attached hydrogens (tertiary/aromatic N) is 1. The van der Waals surface area contributed by atoms with E-state index in [1.165, 1.54) is 0 Å². The highest BCUT2D eigenvalue weighted by molar-refractivity contribution is 7.81. The molecule has 0 fully saturated rings. The van der Waals surface area contributed by atoms with E-state index in [-0.39, 0.29) is 0 Å². The molecule has 0 atom stereocenters. The minimum atomic E-state index is 0.758. The van der Waals surface area contributed by atoms with Crippen LogP contribution in [0.1, 0.15) is 5.56 Å². The first-order valence-corrected chi connectivity index (χ1v) is 4.75. The lowest BCUT2D eigenvalue weighted by atomic mass is 10.1. The molecule has 0 saturated carbocycles. The van der Waals surface area contributed by atoms with Gasteiger partial charge in [-0.05, 0) is 30.0 Å². The summed E-state index contributed by atoms with van der Waals surface area (Å²) in [5.41, 5.74) is 7.36. The third kappa shape index (κ3) is 3.18. The van der Waals surface area contributed by atoms with Gasteiger partial charge in [-0.15, -0.1) is 0 Å². The van der Waals surface area contributed by atoms with Crippen LogP contribution in [-0.2, 0) is 0 Å². The van der Waals surface area contributed by atoms with Crippen LogP contribution in [0, 0.1) is 0 Å². The molecule has 0 radical (unpaired) electrons. The van der Waals surface area contributed by atoms with Crippen molar-refractivity contribution in [1.29, 1.82) is 0 Å². The van der Waals surface area contributed by atoms with Crippen LogP contribution in [0.15, 0.2) is 36.5 Å². The summed E-state index contributed by atoms with van der Waals surface area (Å²) in [6.45, 7) is 0. The minimum Gasteiger partial charge on any atom is -0.399 e. The van der Waals surface area contributed by atoms with Gasteiger partial charge in [0.05, 0.1) is 0 Å². The summed E-state index contributed by atoms with van der Waals surface area (Å²) in [6.07, 6.45) is 3.83. The van der Waals surface area contributed by atoms with E-state index in [1.807, 2.05) is 55.5 Å². The molecule has 14 heavy (non-hydrogen) atoms. The number of rotatable bonds is 3. The number of hydrogen-bond donors (Lipinski definition) is 1. The molecule has 1 rings (SSSR count). The normalized spacial score (nSPS) is 10.4. The van der Waals surface area contributed by atoms with Crippen LogP contribution in [-0.4, -0.2) is 23.9 Å². The van der Waals surface area contributed by atoms with Gasteiger partial charge in [0, 0.05) is 24.6 Å². The number of nitrogen functional groups attached to an aromatic ring is 1. The average Bonchev–Trinajstić information content (AvgIpc) is 2.15. The SMILES string of the molecule is CN(C)/C=C/C(=S)c1ccc(N)cc1. The molecule has 0 saturated heterocycles. The van der Waals surface area contributed by atoms with Gasteiger partial charge in [-0.3, -0.25) is 0 Å². The zero-order chi connectivity index (χ0) is 10.6. The molecule has 0 aliphatic heterocycles. The molecule has 0 aliphatic rings. The lowest BCUT2D eigenvalue weighted by Crippen LogP contribution is -2.02. The van der Waals surface area contributed by atoms with Gasteiger partial charge in [-0.25, -0.2) is 0 Å². The predicted molar refractivity (Wildman–Crippen MR) is 65.4 cm³/mol. The van der Waals surface area contributed by atoms with Crippen LogP contribution in [0.4, 0.5) is 5.69 Å². The Morgan fingerprint density at radius 2 is 1.86 bits per heavy atom. The van der Waals surface area contributed by atoms with Gasteiger partial charge >= 0.3 is 0 Å². The van der Waals surface area contributed by atoms with Crippen molar-refractivity contribution in [2.45, 2.75) is 0 Å². The fraction of sp³-hybridized carbons (Fsp3) is 0.182. The van der Waals surface area contributed by atoms with Crippen molar-refractivity contribution in [3.63, 3.8) is 0 Å². The van der Waals surface area contributed by atoms with Crippen LogP contribution < -0.4 is 5.73 Å². The highest BCUT2D eigenvalue weighted by Crippen LogP contribution is 2.07. The van der Waals surface area contributed by atoms with Gasteiger partial charge in [0.15, 0.2) is 0 Å². The first kappa shape index (κ1) is 10.7. The number of allylic oxidation sites excluding steroid dienone is 1. The highest BCUT2D eigenvalue weighted by Gasteiger charge is 1.95. The Balaban J connectivity index is 2.75. The summed E-state index contributed by atoms with van der Waals surface area (Å²) >= 11 is 5.23. The zero-order valence-corrected chi connectivity index (χ0v) is 9.21. The van der Waals surface area contributed by atoms with Gasteiger partial charge in [0.1, 0.15) is 0 Å². The molecule has 0 unspecified atom stereocenters. The number of hydrogen-bond acceptors (Lipinski definition) is 3. The molecule has 3 heteroatoms. The molecule has 2 N–H and O–H groups in total. The smallest absolute Gasteiger partial charge is 0.0463 e. The molecule has 0 bridgehead atoms. The molecule has 2 nitrogen and oxygen atoms in total. The summed E-state index contributed by atoms with van der Waals surface area (Å²) in [5, 5.41) is 0. The molecule has 74 valence electrons. The quantitative estimate of drug-likeness (QED) is 0.355. The summed E-state index contributed by atoms with van der Waals surface area (Å²) in [7, 11) is 3.92. The second-order valence-corrected chi connectivity index (χ2v) is 3.71. The van der Waals surface area contributed by atoms with Crippen LogP contribution in [0.3, 0.4) is 0 Å². The maximum Gasteiger partial charge on any atom is 0.0463 e. The van der Waals surface area contributed by atoms with Crippen molar-refractivity contribution in [2.75, 3.05) is 19.8 Å². The first-order valence-electron chi connectivity index (χ1n) is 4.34. The van der Waals surface area contributed by atoms with E-state index in [9.17, 15) is 0 Å². The van der Waals surface area contributed by atoms with E-state index < -0.39 is 0 Å². The van der Waals surface area contributed by atoms with Gasteiger partial charge < -0.3 is 10.6 Å². The van der Waals surface area contributed by atoms with Crippen molar-refractivity contribution in [3.05, 3.63) is 42.1 Å². The molecule has 0 aromatic heterocycles. The van der Waals surface area contributed by atoms with Crippen LogP contribution in [0.25, 0.3) is 0 Å². The highest BCUT2D eigenvalue weighted by atomic mass is 32.1. The van der Waals surface area contributed by atoms with E-state index >= 15 is 0 Å². The van der Waals surface area contributed by atoms with Crippen molar-refractivity contribution in [3.8, 4) is 0 Å². The Labute approximate surface area is 90.0 Å². The van der Waals surface area contributed by atoms with E-state index in [0.717, 1.165) is 16.1 Å². The van der Waals surface area contributed by atoms with Crippen molar-refractivity contribution >= 4 is 22.8 Å². The Kier molecular flexibility index (Phi) is 3.65. The fourth-order valence-electron chi connectivity index (χ4n) is 0.960. The van der Waals surface area contributed by atoms with E-state index in [1.54, 1.807) is 0 Å². The molecule has 0 spiro atoms. The van der Waals surface area contributed by atoms with E-state index in [4.69, 9.17) is 18.0 Å². The average molecular weight is 206 g/mol. The number of anilines is 1. The topological polar surface area (TPSA) is 29.3 Å². The molecule has 0 aliphatic carbocycles. The Morgan fingerprint density at radius 1 is 1.29 bits per heavy atom. The van der Waals surface area contributed by atoms with Gasteiger partial charge in [0.25, 0.3) is 0 Å². The summed E-state index contributed by atoms with van der Waals surface area (Å²) in [4.78, 5) is 2.77. The van der Waals surface area contributed by atoms with Gasteiger partial charge in [-0.1, -0.05) is 24.4 Å². The number of benzene rings is 1. The summed E-state index contributed by atoms with van der Waals surface area (Å²) in [6, 6.07) is 7.56. The second kappa shape index (κ2) is 4.77. The van der Waals surface area contributed by atoms with E-state index in [0.29, 0.717) is 0 Å². The van der Waals surface area contributed by atoms with E-state index in [2.05, 4.69) is 0 Å². The maximum atomic E-state index is 5.58. The lowest BCUT2D eigenvalue weighted by Gasteiger charge is -2.04. The molecule has 1 aromatic carbocycles. The van der Waals surface area contributed by atoms with Crippen molar-refractivity contribution in [1.82, 2.24) is 4.90 Å². The maximum absolute atomic E-state index is 5.58. The third-order valence-corrected chi connectivity index (χ3v) is 2.09. The third-order valence-electron chi connectivity index (χ3n) is 1.72.